The van der Waals surface area contributed by atoms with Crippen LogP contribution in [0.15, 0.2) is 31.9 Å². The molecular formula is C13H14. The Kier molecular flexibility index (Phi) is 2.86. The predicted octanol–water partition coefficient (Wildman–Crippen LogP) is 3.92. The summed E-state index contributed by atoms with van der Waals surface area (Å²) in [6.45, 7) is 13.4. The van der Waals surface area contributed by atoms with Crippen LogP contribution in [0.1, 0.15) is 22.3 Å². The fourth-order valence-corrected chi connectivity index (χ4v) is 1.34. The lowest BCUT2D eigenvalue weighted by Gasteiger charge is -2.06. The molecule has 0 atom stereocenters. The van der Waals surface area contributed by atoms with Crippen molar-refractivity contribution in [3.63, 3.8) is 0 Å². The van der Waals surface area contributed by atoms with Gasteiger partial charge >= 0.3 is 0 Å². The zero-order valence-electron chi connectivity index (χ0n) is 8.01. The van der Waals surface area contributed by atoms with Crippen LogP contribution < -0.4 is 0 Å². The third-order valence-corrected chi connectivity index (χ3v) is 2.13. The molecule has 0 aliphatic rings. The van der Waals surface area contributed by atoms with Crippen molar-refractivity contribution in [3.05, 3.63) is 54.1 Å². The maximum Gasteiger partial charge on any atom is -0.0184 e. The first-order valence-electron chi connectivity index (χ1n) is 4.25. The summed E-state index contributed by atoms with van der Waals surface area (Å²) in [5, 5.41) is 0. The van der Waals surface area contributed by atoms with Gasteiger partial charge in [-0.3, -0.25) is 0 Å². The van der Waals surface area contributed by atoms with Crippen LogP contribution in [0.5, 0.6) is 0 Å². The minimum Gasteiger partial charge on any atom is -0.0985 e. The van der Waals surface area contributed by atoms with Crippen molar-refractivity contribution < 1.29 is 0 Å². The molecule has 0 N–H and O–H groups in total. The summed E-state index contributed by atoms with van der Waals surface area (Å²) < 4.78 is 0. The molecule has 0 radical (unpaired) electrons. The first-order chi connectivity index (χ1) is 6.22. The summed E-state index contributed by atoms with van der Waals surface area (Å²) >= 11 is 0. The molecular weight excluding hydrogens is 156 g/mol. The highest BCUT2D eigenvalue weighted by atomic mass is 14.0. The highest BCUT2D eigenvalue weighted by Gasteiger charge is 1.99. The molecule has 0 fully saturated rings. The third-order valence-electron chi connectivity index (χ3n) is 2.13. The van der Waals surface area contributed by atoms with Crippen LogP contribution in [0.2, 0.25) is 0 Å². The van der Waals surface area contributed by atoms with Crippen molar-refractivity contribution in [2.75, 3.05) is 0 Å². The van der Waals surface area contributed by atoms with Crippen molar-refractivity contribution in [1.29, 1.82) is 0 Å². The first-order valence-corrected chi connectivity index (χ1v) is 4.25. The molecule has 13 heavy (non-hydrogen) atoms. The smallest absolute Gasteiger partial charge is 0.0184 e. The molecule has 0 saturated carbocycles. The van der Waals surface area contributed by atoms with Crippen LogP contribution in [0.3, 0.4) is 0 Å². The van der Waals surface area contributed by atoms with Crippen LogP contribution in [0.4, 0.5) is 0 Å². The maximum absolute atomic E-state index is 3.76. The summed E-state index contributed by atoms with van der Waals surface area (Å²) in [4.78, 5) is 0. The number of benzene rings is 1. The number of hydrogen-bond acceptors (Lipinski definition) is 0. The summed E-state index contributed by atoms with van der Waals surface area (Å²) in [5.41, 5.74) is 4.60. The molecule has 0 bridgehead atoms. The molecule has 0 aliphatic carbocycles. The lowest BCUT2D eigenvalue weighted by atomic mass is 9.99. The molecule has 1 aromatic carbocycles. The van der Waals surface area contributed by atoms with E-state index in [-0.39, 0.29) is 0 Å². The van der Waals surface area contributed by atoms with Crippen LogP contribution in [-0.2, 0) is 0 Å². The van der Waals surface area contributed by atoms with Crippen molar-refractivity contribution in [3.8, 4) is 0 Å². The number of rotatable bonds is 3. The predicted molar refractivity (Wildman–Crippen MR) is 61.5 cm³/mol. The minimum absolute atomic E-state index is 1.11. The highest BCUT2D eigenvalue weighted by Crippen LogP contribution is 2.19. The SMILES string of the molecule is C=Cc1cc(C=C)c(C=C)cc1C. The molecule has 0 amide bonds. The van der Waals surface area contributed by atoms with Crippen LogP contribution in [-0.4, -0.2) is 0 Å². The Morgan fingerprint density at radius 2 is 1.31 bits per heavy atom. The van der Waals surface area contributed by atoms with Gasteiger partial charge in [0.2, 0.25) is 0 Å². The van der Waals surface area contributed by atoms with Gasteiger partial charge in [0.25, 0.3) is 0 Å². The van der Waals surface area contributed by atoms with Crippen molar-refractivity contribution in [1.82, 2.24) is 0 Å². The lowest BCUT2D eigenvalue weighted by molar-refractivity contribution is 1.42. The van der Waals surface area contributed by atoms with E-state index < -0.39 is 0 Å². The van der Waals surface area contributed by atoms with Crippen molar-refractivity contribution in [2.45, 2.75) is 6.92 Å². The van der Waals surface area contributed by atoms with E-state index in [1.165, 1.54) is 5.56 Å². The molecule has 66 valence electrons. The van der Waals surface area contributed by atoms with Gasteiger partial charge < -0.3 is 0 Å². The largest absolute Gasteiger partial charge is 0.0985 e. The van der Waals surface area contributed by atoms with E-state index in [4.69, 9.17) is 0 Å². The molecule has 0 unspecified atom stereocenters. The van der Waals surface area contributed by atoms with Gasteiger partial charge in [-0.05, 0) is 35.2 Å². The maximum atomic E-state index is 3.76. The summed E-state index contributed by atoms with van der Waals surface area (Å²) in [6, 6.07) is 4.17. The Morgan fingerprint density at radius 3 is 1.77 bits per heavy atom. The molecule has 0 aliphatic heterocycles. The highest BCUT2D eigenvalue weighted by molar-refractivity contribution is 5.68. The second kappa shape index (κ2) is 3.90. The standard InChI is InChI=1S/C13H14/c1-5-11-9-13(7-3)12(6-2)8-10(11)4/h5-9H,1-3H2,4H3. The minimum atomic E-state index is 1.11. The second-order valence-corrected chi connectivity index (χ2v) is 2.95. The van der Waals surface area contributed by atoms with Crippen LogP contribution >= 0.6 is 0 Å². The number of aryl methyl sites for hydroxylation is 1. The van der Waals surface area contributed by atoms with Gasteiger partial charge in [0.15, 0.2) is 0 Å². The molecule has 0 heterocycles. The topological polar surface area (TPSA) is 0 Å². The lowest BCUT2D eigenvalue weighted by Crippen LogP contribution is -1.86. The van der Waals surface area contributed by atoms with Gasteiger partial charge in [-0.25, -0.2) is 0 Å². The van der Waals surface area contributed by atoms with Gasteiger partial charge in [-0.1, -0.05) is 44.0 Å². The van der Waals surface area contributed by atoms with E-state index in [1.807, 2.05) is 18.2 Å². The summed E-state index contributed by atoms with van der Waals surface area (Å²) in [7, 11) is 0. The second-order valence-electron chi connectivity index (χ2n) is 2.95. The normalized spacial score (nSPS) is 9.31. The molecule has 0 saturated heterocycles. The monoisotopic (exact) mass is 170 g/mol. The molecule has 0 heteroatoms. The van der Waals surface area contributed by atoms with E-state index >= 15 is 0 Å². The van der Waals surface area contributed by atoms with Crippen LogP contribution in [0.25, 0.3) is 18.2 Å². The van der Waals surface area contributed by atoms with Gasteiger partial charge in [0, 0.05) is 0 Å². The van der Waals surface area contributed by atoms with Crippen molar-refractivity contribution >= 4 is 18.2 Å². The van der Waals surface area contributed by atoms with Gasteiger partial charge in [-0.15, -0.1) is 0 Å². The fourth-order valence-electron chi connectivity index (χ4n) is 1.34. The van der Waals surface area contributed by atoms with E-state index in [9.17, 15) is 0 Å². The van der Waals surface area contributed by atoms with Gasteiger partial charge in [-0.2, -0.15) is 0 Å². The van der Waals surface area contributed by atoms with E-state index in [0.29, 0.717) is 0 Å². The zero-order chi connectivity index (χ0) is 9.84. The molecule has 1 rings (SSSR count). The van der Waals surface area contributed by atoms with E-state index in [1.54, 1.807) is 0 Å². The summed E-state index contributed by atoms with van der Waals surface area (Å²) in [5.74, 6) is 0. The Hall–Kier alpha value is -1.56. The number of hydrogen-bond donors (Lipinski definition) is 0. The van der Waals surface area contributed by atoms with Gasteiger partial charge in [0.1, 0.15) is 0 Å². The summed E-state index contributed by atoms with van der Waals surface area (Å²) in [6.07, 6.45) is 5.54. The zero-order valence-corrected chi connectivity index (χ0v) is 8.01. The molecule has 0 nitrogen and oxygen atoms in total. The average molecular weight is 170 g/mol. The first kappa shape index (κ1) is 9.53. The Morgan fingerprint density at radius 1 is 0.846 bits per heavy atom. The average Bonchev–Trinajstić information content (AvgIpc) is 2.17. The Labute approximate surface area is 79.9 Å². The Bertz CT molecular complexity index is 357. The van der Waals surface area contributed by atoms with Crippen LogP contribution in [0, 0.1) is 6.92 Å². The Balaban J connectivity index is 3.42. The molecule has 0 spiro atoms. The van der Waals surface area contributed by atoms with E-state index in [0.717, 1.165) is 16.7 Å². The van der Waals surface area contributed by atoms with E-state index in [2.05, 4.69) is 38.8 Å². The molecule has 0 aromatic heterocycles. The van der Waals surface area contributed by atoms with Gasteiger partial charge in [0.05, 0.1) is 0 Å². The third kappa shape index (κ3) is 1.78. The van der Waals surface area contributed by atoms with Crippen molar-refractivity contribution in [2.24, 2.45) is 0 Å². The quantitative estimate of drug-likeness (QED) is 0.645. The molecule has 1 aromatic rings. The fraction of sp³-hybridized carbons (Fsp3) is 0.0769.